The Balaban J connectivity index is 1.61. The molecule has 28 heavy (non-hydrogen) atoms. The Morgan fingerprint density at radius 2 is 2.04 bits per heavy atom. The molecule has 0 radical (unpaired) electrons. The lowest BCUT2D eigenvalue weighted by Crippen LogP contribution is -2.45. The molecular formula is C22H25N3O3. The van der Waals surface area contributed by atoms with Gasteiger partial charge in [0.2, 0.25) is 0 Å². The number of nitrogens with zero attached hydrogens (tertiary/aromatic N) is 2. The van der Waals surface area contributed by atoms with E-state index in [0.717, 1.165) is 48.1 Å². The predicted molar refractivity (Wildman–Crippen MR) is 107 cm³/mol. The maximum Gasteiger partial charge on any atom is 0.270 e. The van der Waals surface area contributed by atoms with Gasteiger partial charge in [-0.3, -0.25) is 4.79 Å². The molecule has 0 bridgehead atoms. The highest BCUT2D eigenvalue weighted by Crippen LogP contribution is 2.23. The second-order valence-corrected chi connectivity index (χ2v) is 7.33. The van der Waals surface area contributed by atoms with Crippen LogP contribution in [0.2, 0.25) is 0 Å². The number of hydrogen-bond donors (Lipinski definition) is 2. The van der Waals surface area contributed by atoms with E-state index in [9.17, 15) is 9.90 Å². The number of fused-ring (bicyclic) bond motifs is 1. The van der Waals surface area contributed by atoms with Crippen molar-refractivity contribution in [2.75, 3.05) is 7.11 Å². The second-order valence-electron chi connectivity index (χ2n) is 7.33. The van der Waals surface area contributed by atoms with Crippen molar-refractivity contribution in [2.24, 2.45) is 0 Å². The zero-order valence-corrected chi connectivity index (χ0v) is 16.0. The van der Waals surface area contributed by atoms with Gasteiger partial charge in [0.05, 0.1) is 24.8 Å². The van der Waals surface area contributed by atoms with Gasteiger partial charge in [0.15, 0.2) is 0 Å². The number of carbonyl (C=O) groups excluding carboxylic acids is 1. The summed E-state index contributed by atoms with van der Waals surface area (Å²) in [5.41, 5.74) is 3.57. The van der Waals surface area contributed by atoms with Crippen LogP contribution in [0.1, 0.15) is 47.3 Å². The summed E-state index contributed by atoms with van der Waals surface area (Å²) in [5, 5.41) is 17.6. The first-order valence-corrected chi connectivity index (χ1v) is 9.73. The first kappa shape index (κ1) is 18.5. The second kappa shape index (κ2) is 8.02. The fourth-order valence-corrected chi connectivity index (χ4v) is 3.90. The zero-order chi connectivity index (χ0) is 19.5. The monoisotopic (exact) mass is 379 g/mol. The molecule has 1 fully saturated rings. The maximum atomic E-state index is 12.9. The van der Waals surface area contributed by atoms with E-state index in [4.69, 9.17) is 4.74 Å². The molecule has 1 aliphatic rings. The maximum absolute atomic E-state index is 12.9. The molecule has 1 amide bonds. The summed E-state index contributed by atoms with van der Waals surface area (Å²) in [4.78, 5) is 12.9. The summed E-state index contributed by atoms with van der Waals surface area (Å²) in [6.07, 6.45) is 5.47. The molecule has 4 rings (SSSR count). The fraction of sp³-hybridized carbons (Fsp3) is 0.364. The van der Waals surface area contributed by atoms with Crippen molar-refractivity contribution < 1.29 is 14.6 Å². The highest BCUT2D eigenvalue weighted by atomic mass is 16.5. The van der Waals surface area contributed by atoms with E-state index in [1.165, 1.54) is 0 Å². The van der Waals surface area contributed by atoms with Crippen LogP contribution in [0.4, 0.5) is 0 Å². The van der Waals surface area contributed by atoms with Gasteiger partial charge in [-0.1, -0.05) is 25.0 Å². The number of hydrogen-bond acceptors (Lipinski definition) is 4. The molecule has 1 saturated carbocycles. The van der Waals surface area contributed by atoms with E-state index in [1.807, 2.05) is 42.5 Å². The van der Waals surface area contributed by atoms with Crippen LogP contribution in [0.25, 0.3) is 5.52 Å². The number of methoxy groups -OCH3 is 1. The van der Waals surface area contributed by atoms with Crippen molar-refractivity contribution in [3.63, 3.8) is 0 Å². The number of carbonyl (C=O) groups is 1. The minimum absolute atomic E-state index is 0.194. The van der Waals surface area contributed by atoms with Crippen LogP contribution in [0.5, 0.6) is 5.75 Å². The number of aromatic nitrogens is 2. The van der Waals surface area contributed by atoms with Crippen molar-refractivity contribution in [3.8, 4) is 5.75 Å². The molecule has 0 unspecified atom stereocenters. The Morgan fingerprint density at radius 3 is 2.79 bits per heavy atom. The molecule has 3 aromatic rings. The molecular weight excluding hydrogens is 354 g/mol. The number of aliphatic hydroxyl groups excluding tert-OH is 1. The molecule has 1 aliphatic carbocycles. The minimum atomic E-state index is -0.476. The van der Waals surface area contributed by atoms with Gasteiger partial charge in [-0.15, -0.1) is 0 Å². The number of benzene rings is 1. The van der Waals surface area contributed by atoms with Crippen molar-refractivity contribution in [1.82, 2.24) is 14.9 Å². The van der Waals surface area contributed by atoms with Gasteiger partial charge in [-0.2, -0.15) is 5.10 Å². The number of nitrogens with one attached hydrogen (secondary N) is 1. The van der Waals surface area contributed by atoms with Gasteiger partial charge in [0, 0.05) is 6.20 Å². The SMILES string of the molecule is COc1ccc(Cc2cc(C(=O)N[C@H]3CCCC[C@@H]3O)n3ncccc23)cc1. The van der Waals surface area contributed by atoms with Gasteiger partial charge in [-0.05, 0) is 60.7 Å². The minimum Gasteiger partial charge on any atom is -0.497 e. The van der Waals surface area contributed by atoms with E-state index >= 15 is 0 Å². The lowest BCUT2D eigenvalue weighted by molar-refractivity contribution is 0.0712. The smallest absolute Gasteiger partial charge is 0.270 e. The van der Waals surface area contributed by atoms with Gasteiger partial charge in [-0.25, -0.2) is 4.52 Å². The number of aliphatic hydroxyl groups is 1. The Hall–Kier alpha value is -2.86. The lowest BCUT2D eigenvalue weighted by atomic mass is 9.92. The highest BCUT2D eigenvalue weighted by molar-refractivity contribution is 5.94. The average Bonchev–Trinajstić information content (AvgIpc) is 3.09. The summed E-state index contributed by atoms with van der Waals surface area (Å²) in [5.74, 6) is 0.624. The molecule has 2 atom stereocenters. The van der Waals surface area contributed by atoms with Crippen LogP contribution < -0.4 is 10.1 Å². The molecule has 0 spiro atoms. The van der Waals surface area contributed by atoms with Crippen LogP contribution in [-0.2, 0) is 6.42 Å². The van der Waals surface area contributed by atoms with E-state index in [-0.39, 0.29) is 11.9 Å². The predicted octanol–water partition coefficient (Wildman–Crippen LogP) is 2.97. The van der Waals surface area contributed by atoms with Crippen LogP contribution >= 0.6 is 0 Å². The third kappa shape index (κ3) is 3.73. The van der Waals surface area contributed by atoms with Gasteiger partial charge in [0.1, 0.15) is 11.4 Å². The summed E-state index contributed by atoms with van der Waals surface area (Å²) in [7, 11) is 1.65. The third-order valence-corrected chi connectivity index (χ3v) is 5.45. The molecule has 2 aromatic heterocycles. The Kier molecular flexibility index (Phi) is 5.30. The number of ether oxygens (including phenoxy) is 1. The first-order valence-electron chi connectivity index (χ1n) is 9.73. The summed E-state index contributed by atoms with van der Waals surface area (Å²) in [6.45, 7) is 0. The molecule has 146 valence electrons. The van der Waals surface area contributed by atoms with Crippen molar-refractivity contribution in [1.29, 1.82) is 0 Å². The van der Waals surface area contributed by atoms with Crippen molar-refractivity contribution in [3.05, 3.63) is 65.5 Å². The van der Waals surface area contributed by atoms with Gasteiger partial charge in [0.25, 0.3) is 5.91 Å². The topological polar surface area (TPSA) is 75.9 Å². The fourth-order valence-electron chi connectivity index (χ4n) is 3.90. The molecule has 6 nitrogen and oxygen atoms in total. The van der Waals surface area contributed by atoms with Crippen molar-refractivity contribution >= 4 is 11.4 Å². The van der Waals surface area contributed by atoms with Gasteiger partial charge < -0.3 is 15.2 Å². The molecule has 6 heteroatoms. The van der Waals surface area contributed by atoms with E-state index in [2.05, 4.69) is 10.4 Å². The number of amides is 1. The van der Waals surface area contributed by atoms with Gasteiger partial charge >= 0.3 is 0 Å². The molecule has 0 saturated heterocycles. The van der Waals surface area contributed by atoms with Crippen LogP contribution in [0, 0.1) is 0 Å². The molecule has 0 aliphatic heterocycles. The Labute approximate surface area is 164 Å². The Bertz CT molecular complexity index is 965. The Morgan fingerprint density at radius 1 is 1.25 bits per heavy atom. The van der Waals surface area contributed by atoms with Crippen molar-refractivity contribution in [2.45, 2.75) is 44.2 Å². The number of rotatable bonds is 5. The standard InChI is InChI=1S/C22H25N3O3/c1-28-17-10-8-15(9-11-17)13-16-14-20(25-19(16)6-4-12-23-25)22(27)24-18-5-2-3-7-21(18)26/h4,6,8-12,14,18,21,26H,2-3,5,7,13H2,1H3,(H,24,27)/t18-,21-/m0/s1. The third-order valence-electron chi connectivity index (χ3n) is 5.45. The quantitative estimate of drug-likeness (QED) is 0.715. The molecule has 2 heterocycles. The van der Waals surface area contributed by atoms with E-state index in [0.29, 0.717) is 12.1 Å². The zero-order valence-electron chi connectivity index (χ0n) is 16.0. The summed E-state index contributed by atoms with van der Waals surface area (Å²) < 4.78 is 6.90. The van der Waals surface area contributed by atoms with E-state index in [1.54, 1.807) is 17.8 Å². The van der Waals surface area contributed by atoms with E-state index < -0.39 is 6.10 Å². The average molecular weight is 379 g/mol. The highest BCUT2D eigenvalue weighted by Gasteiger charge is 2.26. The summed E-state index contributed by atoms with van der Waals surface area (Å²) in [6, 6.07) is 13.5. The normalized spacial score (nSPS) is 19.5. The van der Waals surface area contributed by atoms with Crippen LogP contribution in [0.15, 0.2) is 48.7 Å². The summed E-state index contributed by atoms with van der Waals surface area (Å²) >= 11 is 0. The molecule has 1 aromatic carbocycles. The van der Waals surface area contributed by atoms with Crippen LogP contribution in [0.3, 0.4) is 0 Å². The molecule has 2 N–H and O–H groups in total. The first-order chi connectivity index (χ1) is 13.7. The largest absolute Gasteiger partial charge is 0.497 e. The lowest BCUT2D eigenvalue weighted by Gasteiger charge is -2.28. The van der Waals surface area contributed by atoms with Crippen LogP contribution in [-0.4, -0.2) is 39.9 Å².